The molecule has 0 aliphatic carbocycles. The van der Waals surface area contributed by atoms with Crippen molar-refractivity contribution < 1.29 is 32.6 Å². The summed E-state index contributed by atoms with van der Waals surface area (Å²) in [5, 5.41) is 12.4. The second-order valence-electron chi connectivity index (χ2n) is 5.93. The van der Waals surface area contributed by atoms with E-state index < -0.39 is 17.7 Å². The molecule has 0 bridgehead atoms. The number of oxime groups is 1. The summed E-state index contributed by atoms with van der Waals surface area (Å²) >= 11 is 0. The van der Waals surface area contributed by atoms with Gasteiger partial charge in [-0.2, -0.15) is 13.2 Å². The fourth-order valence-corrected chi connectivity index (χ4v) is 2.31. The summed E-state index contributed by atoms with van der Waals surface area (Å²) in [6.45, 7) is -0.104. The topological polar surface area (TPSA) is 68.1 Å². The zero-order valence-corrected chi connectivity index (χ0v) is 15.0. The van der Waals surface area contributed by atoms with Crippen LogP contribution in [-0.2, 0) is 28.7 Å². The molecule has 0 saturated carbocycles. The van der Waals surface area contributed by atoms with E-state index in [1.165, 1.54) is 12.1 Å². The molecule has 0 aliphatic heterocycles. The lowest BCUT2D eigenvalue weighted by molar-refractivity contribution is -0.139. The molecular weight excluding hydrogens is 375 g/mol. The van der Waals surface area contributed by atoms with Gasteiger partial charge in [0.2, 0.25) is 0 Å². The first kappa shape index (κ1) is 21.3. The van der Waals surface area contributed by atoms with Crippen LogP contribution >= 0.6 is 0 Å². The van der Waals surface area contributed by atoms with E-state index in [0.29, 0.717) is 18.6 Å². The van der Waals surface area contributed by atoms with Crippen molar-refractivity contribution in [2.75, 3.05) is 13.2 Å². The number of aryl methyl sites for hydroxylation is 1. The fourth-order valence-electron chi connectivity index (χ4n) is 2.31. The van der Waals surface area contributed by atoms with E-state index in [1.54, 1.807) is 18.3 Å². The molecule has 5 nitrogen and oxygen atoms in total. The molecule has 0 spiro atoms. The third-order valence-electron chi connectivity index (χ3n) is 3.76. The molecule has 2 rings (SSSR count). The number of halogens is 3. The SMILES string of the molecule is O=C(O)COc1ccc(CCC=NOCCc2ccc(C(F)(F)F)cc2)cc1. The fraction of sp³-hybridized carbons (Fsp3) is 0.300. The van der Waals surface area contributed by atoms with Crippen LogP contribution in [0.25, 0.3) is 0 Å². The second kappa shape index (κ2) is 10.3. The van der Waals surface area contributed by atoms with E-state index in [0.717, 1.165) is 29.7 Å². The maximum atomic E-state index is 12.5. The van der Waals surface area contributed by atoms with Gasteiger partial charge in [-0.15, -0.1) is 0 Å². The average molecular weight is 395 g/mol. The molecular formula is C20H20F3NO4. The summed E-state index contributed by atoms with van der Waals surface area (Å²) in [5.41, 5.74) is 1.11. The highest BCUT2D eigenvalue weighted by molar-refractivity contribution is 5.68. The Kier molecular flexibility index (Phi) is 7.86. The van der Waals surface area contributed by atoms with E-state index in [9.17, 15) is 18.0 Å². The number of aliphatic carboxylic acids is 1. The van der Waals surface area contributed by atoms with Crippen molar-refractivity contribution in [1.29, 1.82) is 0 Å². The molecule has 0 fully saturated rings. The zero-order valence-electron chi connectivity index (χ0n) is 15.0. The Bertz CT molecular complexity index is 772. The highest BCUT2D eigenvalue weighted by Gasteiger charge is 2.29. The largest absolute Gasteiger partial charge is 0.482 e. The lowest BCUT2D eigenvalue weighted by Crippen LogP contribution is -2.09. The van der Waals surface area contributed by atoms with Crippen LogP contribution in [0, 0.1) is 0 Å². The Morgan fingerprint density at radius 2 is 1.61 bits per heavy atom. The molecule has 0 aliphatic rings. The standard InChI is InChI=1S/C20H20F3NO4/c21-20(22,23)17-7-3-16(4-8-17)11-13-28-24-12-1-2-15-5-9-18(10-6-15)27-14-19(25)26/h3-10,12H,1-2,11,13-14H2,(H,25,26). The number of carboxylic acid groups (broad SMARTS) is 1. The molecule has 150 valence electrons. The van der Waals surface area contributed by atoms with Crippen LogP contribution in [0.1, 0.15) is 23.1 Å². The first-order valence-corrected chi connectivity index (χ1v) is 8.58. The Morgan fingerprint density at radius 1 is 1.00 bits per heavy atom. The van der Waals surface area contributed by atoms with Gasteiger partial charge in [0.15, 0.2) is 6.61 Å². The number of ether oxygens (including phenoxy) is 1. The molecule has 0 aromatic heterocycles. The molecule has 0 radical (unpaired) electrons. The van der Waals surface area contributed by atoms with Crippen molar-refractivity contribution in [3.05, 3.63) is 65.2 Å². The molecule has 2 aromatic carbocycles. The Labute approximate surface area is 160 Å². The zero-order chi connectivity index (χ0) is 20.4. The summed E-state index contributed by atoms with van der Waals surface area (Å²) in [7, 11) is 0. The first-order valence-electron chi connectivity index (χ1n) is 8.58. The third-order valence-corrected chi connectivity index (χ3v) is 3.76. The monoisotopic (exact) mass is 395 g/mol. The summed E-state index contributed by atoms with van der Waals surface area (Å²) in [5.74, 6) is -0.537. The summed E-state index contributed by atoms with van der Waals surface area (Å²) in [6.07, 6.45) is -0.861. The smallest absolute Gasteiger partial charge is 0.416 e. The minimum Gasteiger partial charge on any atom is -0.482 e. The maximum absolute atomic E-state index is 12.5. The number of benzene rings is 2. The van der Waals surface area contributed by atoms with Crippen LogP contribution in [0.4, 0.5) is 13.2 Å². The van der Waals surface area contributed by atoms with Gasteiger partial charge in [-0.3, -0.25) is 0 Å². The van der Waals surface area contributed by atoms with Gasteiger partial charge in [-0.1, -0.05) is 29.4 Å². The van der Waals surface area contributed by atoms with Crippen molar-refractivity contribution in [2.24, 2.45) is 5.16 Å². The predicted molar refractivity (Wildman–Crippen MR) is 97.5 cm³/mol. The first-order chi connectivity index (χ1) is 13.3. The van der Waals surface area contributed by atoms with Gasteiger partial charge in [0.05, 0.1) is 5.56 Å². The normalized spacial score (nSPS) is 11.5. The number of nitrogens with zero attached hydrogens (tertiary/aromatic N) is 1. The number of carbonyl (C=O) groups is 1. The Balaban J connectivity index is 1.63. The van der Waals surface area contributed by atoms with Crippen molar-refractivity contribution in [1.82, 2.24) is 0 Å². The maximum Gasteiger partial charge on any atom is 0.416 e. The Hall–Kier alpha value is -3.03. The summed E-state index contributed by atoms with van der Waals surface area (Å²) in [6, 6.07) is 12.1. The van der Waals surface area contributed by atoms with E-state index in [2.05, 4.69) is 5.16 Å². The van der Waals surface area contributed by atoms with Gasteiger partial charge >= 0.3 is 12.1 Å². The van der Waals surface area contributed by atoms with Crippen molar-refractivity contribution >= 4 is 12.2 Å². The van der Waals surface area contributed by atoms with Gasteiger partial charge in [0.1, 0.15) is 12.4 Å². The molecule has 0 unspecified atom stereocenters. The van der Waals surface area contributed by atoms with Crippen LogP contribution < -0.4 is 4.74 Å². The van der Waals surface area contributed by atoms with E-state index in [4.69, 9.17) is 14.7 Å². The van der Waals surface area contributed by atoms with Gasteiger partial charge in [-0.05, 0) is 48.2 Å². The lowest BCUT2D eigenvalue weighted by atomic mass is 10.1. The third kappa shape index (κ3) is 7.69. The van der Waals surface area contributed by atoms with Crippen LogP contribution in [0.5, 0.6) is 5.75 Å². The molecule has 0 amide bonds. The van der Waals surface area contributed by atoms with Crippen molar-refractivity contribution in [2.45, 2.75) is 25.4 Å². The minimum absolute atomic E-state index is 0.275. The average Bonchev–Trinajstić information content (AvgIpc) is 2.66. The van der Waals surface area contributed by atoms with Crippen molar-refractivity contribution in [3.63, 3.8) is 0 Å². The van der Waals surface area contributed by atoms with E-state index >= 15 is 0 Å². The Morgan fingerprint density at radius 3 is 2.21 bits per heavy atom. The van der Waals surface area contributed by atoms with Gasteiger partial charge in [0, 0.05) is 12.6 Å². The predicted octanol–water partition coefficient (Wildman–Crippen LogP) is 4.35. The van der Waals surface area contributed by atoms with E-state index in [-0.39, 0.29) is 13.2 Å². The van der Waals surface area contributed by atoms with E-state index in [1.807, 2.05) is 12.1 Å². The number of hydrogen-bond acceptors (Lipinski definition) is 4. The van der Waals surface area contributed by atoms with Crippen LogP contribution in [0.3, 0.4) is 0 Å². The number of alkyl halides is 3. The molecule has 0 atom stereocenters. The van der Waals surface area contributed by atoms with Crippen LogP contribution in [0.15, 0.2) is 53.7 Å². The highest BCUT2D eigenvalue weighted by Crippen LogP contribution is 2.29. The highest BCUT2D eigenvalue weighted by atomic mass is 19.4. The van der Waals surface area contributed by atoms with Gasteiger partial charge < -0.3 is 14.7 Å². The second-order valence-corrected chi connectivity index (χ2v) is 5.93. The molecule has 8 heteroatoms. The number of carboxylic acids is 1. The van der Waals surface area contributed by atoms with Gasteiger partial charge in [-0.25, -0.2) is 4.79 Å². The molecule has 0 saturated heterocycles. The van der Waals surface area contributed by atoms with Gasteiger partial charge in [0.25, 0.3) is 0 Å². The molecule has 28 heavy (non-hydrogen) atoms. The molecule has 0 heterocycles. The molecule has 1 N–H and O–H groups in total. The van der Waals surface area contributed by atoms with Crippen LogP contribution in [0.2, 0.25) is 0 Å². The molecule has 2 aromatic rings. The van der Waals surface area contributed by atoms with Crippen molar-refractivity contribution in [3.8, 4) is 5.75 Å². The van der Waals surface area contributed by atoms with Crippen LogP contribution in [-0.4, -0.2) is 30.5 Å². The minimum atomic E-state index is -4.33. The lowest BCUT2D eigenvalue weighted by Gasteiger charge is -2.07. The number of rotatable bonds is 10. The summed E-state index contributed by atoms with van der Waals surface area (Å²) < 4.78 is 42.5. The quantitative estimate of drug-likeness (QED) is 0.369. The number of hydrogen-bond donors (Lipinski definition) is 1. The summed E-state index contributed by atoms with van der Waals surface area (Å²) in [4.78, 5) is 15.5.